The van der Waals surface area contributed by atoms with Crippen molar-refractivity contribution >= 4 is 11.9 Å². The van der Waals surface area contributed by atoms with Crippen LogP contribution in [0.15, 0.2) is 24.3 Å². The highest BCUT2D eigenvalue weighted by molar-refractivity contribution is 5.84. The standard InChI is InChI=1S/C21H26F3NO5/c1-20(2,3)30-19(27)25-15-9-14(10-16(25)12-28-11-15)18(26)8-13-4-6-17(7-5-13)29-21(22,23)24/h4-7,14-16H,8-12H2,1-3H3. The number of carbonyl (C=O) groups excluding carboxylic acids is 2. The zero-order valence-corrected chi connectivity index (χ0v) is 17.2. The first-order chi connectivity index (χ1) is 13.9. The van der Waals surface area contributed by atoms with Crippen molar-refractivity contribution in [2.45, 2.75) is 64.1 Å². The number of ether oxygens (including phenoxy) is 3. The molecular formula is C21H26F3NO5. The van der Waals surface area contributed by atoms with Crippen LogP contribution in [0, 0.1) is 5.92 Å². The second-order valence-corrected chi connectivity index (χ2v) is 8.74. The van der Waals surface area contributed by atoms with Crippen LogP contribution >= 0.6 is 0 Å². The lowest BCUT2D eigenvalue weighted by atomic mass is 9.81. The lowest BCUT2D eigenvalue weighted by molar-refractivity contribution is -0.274. The third-order valence-electron chi connectivity index (χ3n) is 5.12. The van der Waals surface area contributed by atoms with E-state index in [9.17, 15) is 22.8 Å². The van der Waals surface area contributed by atoms with Crippen LogP contribution in [0.4, 0.5) is 18.0 Å². The molecule has 166 valence electrons. The zero-order chi connectivity index (χ0) is 22.1. The summed E-state index contributed by atoms with van der Waals surface area (Å²) in [6.45, 7) is 6.11. The first kappa shape index (κ1) is 22.4. The van der Waals surface area contributed by atoms with Gasteiger partial charge in [0.15, 0.2) is 0 Å². The number of amides is 1. The van der Waals surface area contributed by atoms with Gasteiger partial charge in [-0.25, -0.2) is 4.79 Å². The van der Waals surface area contributed by atoms with Gasteiger partial charge in [0.1, 0.15) is 17.1 Å². The highest BCUT2D eigenvalue weighted by Crippen LogP contribution is 2.34. The Labute approximate surface area is 173 Å². The van der Waals surface area contributed by atoms with E-state index in [0.717, 1.165) is 0 Å². The van der Waals surface area contributed by atoms with Gasteiger partial charge in [-0.15, -0.1) is 13.2 Å². The molecule has 3 rings (SSSR count). The summed E-state index contributed by atoms with van der Waals surface area (Å²) in [5, 5.41) is 0. The minimum absolute atomic E-state index is 0.000212. The molecule has 0 aromatic heterocycles. The number of Topliss-reactive ketones (excluding diaryl/α,β-unsaturated/α-hetero) is 1. The maximum atomic E-state index is 12.8. The van der Waals surface area contributed by atoms with Gasteiger partial charge in [-0.3, -0.25) is 9.69 Å². The molecule has 2 unspecified atom stereocenters. The predicted molar refractivity (Wildman–Crippen MR) is 101 cm³/mol. The summed E-state index contributed by atoms with van der Waals surface area (Å²) in [6.07, 6.45) is -4.08. The molecule has 2 saturated heterocycles. The van der Waals surface area contributed by atoms with Crippen molar-refractivity contribution < 1.29 is 37.0 Å². The quantitative estimate of drug-likeness (QED) is 0.721. The van der Waals surface area contributed by atoms with Crippen molar-refractivity contribution in [2.24, 2.45) is 5.92 Å². The van der Waals surface area contributed by atoms with E-state index in [-0.39, 0.29) is 36.0 Å². The Morgan fingerprint density at radius 3 is 2.13 bits per heavy atom. The first-order valence-corrected chi connectivity index (χ1v) is 9.88. The van der Waals surface area contributed by atoms with E-state index in [4.69, 9.17) is 9.47 Å². The zero-order valence-electron chi connectivity index (χ0n) is 17.2. The lowest BCUT2D eigenvalue weighted by Crippen LogP contribution is -2.60. The number of hydrogen-bond donors (Lipinski definition) is 0. The van der Waals surface area contributed by atoms with Crippen LogP contribution in [0.3, 0.4) is 0 Å². The number of carbonyl (C=O) groups is 2. The molecule has 0 aliphatic carbocycles. The monoisotopic (exact) mass is 429 g/mol. The van der Waals surface area contributed by atoms with E-state index in [1.165, 1.54) is 24.3 Å². The molecule has 9 heteroatoms. The van der Waals surface area contributed by atoms with Crippen molar-refractivity contribution in [3.8, 4) is 5.75 Å². The van der Waals surface area contributed by atoms with E-state index < -0.39 is 18.1 Å². The Morgan fingerprint density at radius 2 is 1.63 bits per heavy atom. The van der Waals surface area contributed by atoms with Crippen LogP contribution in [0.1, 0.15) is 39.2 Å². The number of morpholine rings is 1. The summed E-state index contributed by atoms with van der Waals surface area (Å²) < 4.78 is 51.7. The second kappa shape index (κ2) is 8.45. The molecule has 1 amide bonds. The van der Waals surface area contributed by atoms with E-state index in [0.29, 0.717) is 31.6 Å². The summed E-state index contributed by atoms with van der Waals surface area (Å²) in [4.78, 5) is 27.1. The maximum absolute atomic E-state index is 12.8. The molecule has 2 aliphatic heterocycles. The fourth-order valence-corrected chi connectivity index (χ4v) is 3.95. The predicted octanol–water partition coefficient (Wildman–Crippen LogP) is 4.11. The van der Waals surface area contributed by atoms with Crippen molar-refractivity contribution in [2.75, 3.05) is 13.2 Å². The number of ketones is 1. The summed E-state index contributed by atoms with van der Waals surface area (Å²) >= 11 is 0. The van der Waals surface area contributed by atoms with Gasteiger partial charge in [-0.2, -0.15) is 0 Å². The molecule has 0 radical (unpaired) electrons. The first-order valence-electron chi connectivity index (χ1n) is 9.88. The Hall–Kier alpha value is -2.29. The van der Waals surface area contributed by atoms with Crippen molar-refractivity contribution in [1.29, 1.82) is 0 Å². The number of alkyl halides is 3. The summed E-state index contributed by atoms with van der Waals surface area (Å²) in [5.41, 5.74) is 0.00599. The number of halogens is 3. The van der Waals surface area contributed by atoms with Gasteiger partial charge in [0, 0.05) is 12.3 Å². The molecule has 6 nitrogen and oxygen atoms in total. The fourth-order valence-electron chi connectivity index (χ4n) is 3.95. The SMILES string of the molecule is CC(C)(C)OC(=O)N1C2COCC1CC(C(=O)Cc1ccc(OC(F)(F)F)cc1)C2. The molecule has 2 aliphatic rings. The van der Waals surface area contributed by atoms with Gasteiger partial charge >= 0.3 is 12.5 Å². The average molecular weight is 429 g/mol. The number of benzene rings is 1. The highest BCUT2D eigenvalue weighted by Gasteiger charge is 2.45. The van der Waals surface area contributed by atoms with Crippen LogP contribution in [0.5, 0.6) is 5.75 Å². The molecule has 0 N–H and O–H groups in total. The number of piperidine rings is 1. The molecule has 30 heavy (non-hydrogen) atoms. The summed E-state index contributed by atoms with van der Waals surface area (Å²) in [5.74, 6) is -0.565. The minimum atomic E-state index is -4.75. The third kappa shape index (κ3) is 5.87. The van der Waals surface area contributed by atoms with Gasteiger partial charge in [-0.1, -0.05) is 12.1 Å². The van der Waals surface area contributed by atoms with Crippen LogP contribution in [0.2, 0.25) is 0 Å². The highest BCUT2D eigenvalue weighted by atomic mass is 19.4. The second-order valence-electron chi connectivity index (χ2n) is 8.74. The maximum Gasteiger partial charge on any atom is 0.573 e. The van der Waals surface area contributed by atoms with Crippen LogP contribution in [-0.4, -0.2) is 54.0 Å². The molecule has 0 spiro atoms. The van der Waals surface area contributed by atoms with Gasteiger partial charge < -0.3 is 14.2 Å². The lowest BCUT2D eigenvalue weighted by Gasteiger charge is -2.47. The van der Waals surface area contributed by atoms with Crippen molar-refractivity contribution in [3.63, 3.8) is 0 Å². The van der Waals surface area contributed by atoms with E-state index in [1.807, 2.05) is 0 Å². The Kier molecular flexibility index (Phi) is 6.31. The Balaban J connectivity index is 1.61. The Bertz CT molecular complexity index is 758. The Morgan fingerprint density at radius 1 is 1.07 bits per heavy atom. The van der Waals surface area contributed by atoms with E-state index in [1.54, 1.807) is 25.7 Å². The summed E-state index contributed by atoms with van der Waals surface area (Å²) in [6, 6.07) is 4.85. The van der Waals surface area contributed by atoms with E-state index >= 15 is 0 Å². The van der Waals surface area contributed by atoms with Crippen LogP contribution in [-0.2, 0) is 20.7 Å². The fraction of sp³-hybridized carbons (Fsp3) is 0.619. The van der Waals surface area contributed by atoms with Crippen LogP contribution < -0.4 is 4.74 Å². The normalized spacial score (nSPS) is 24.3. The third-order valence-corrected chi connectivity index (χ3v) is 5.12. The number of fused-ring (bicyclic) bond motifs is 2. The summed E-state index contributed by atoms with van der Waals surface area (Å²) in [7, 11) is 0. The molecule has 2 heterocycles. The molecule has 2 atom stereocenters. The van der Waals surface area contributed by atoms with Gasteiger partial charge in [-0.05, 0) is 51.3 Å². The van der Waals surface area contributed by atoms with Gasteiger partial charge in [0.25, 0.3) is 0 Å². The number of hydrogen-bond acceptors (Lipinski definition) is 5. The topological polar surface area (TPSA) is 65.1 Å². The molecule has 2 fully saturated rings. The molecular weight excluding hydrogens is 403 g/mol. The molecule has 2 bridgehead atoms. The average Bonchev–Trinajstić information content (AvgIpc) is 2.59. The molecule has 1 aromatic rings. The van der Waals surface area contributed by atoms with Gasteiger partial charge in [0.05, 0.1) is 25.3 Å². The minimum Gasteiger partial charge on any atom is -0.444 e. The van der Waals surface area contributed by atoms with Crippen molar-refractivity contribution in [3.05, 3.63) is 29.8 Å². The number of rotatable bonds is 4. The van der Waals surface area contributed by atoms with Gasteiger partial charge in [0.2, 0.25) is 0 Å². The molecule has 1 aromatic carbocycles. The van der Waals surface area contributed by atoms with Crippen molar-refractivity contribution in [1.82, 2.24) is 4.90 Å². The smallest absolute Gasteiger partial charge is 0.444 e. The van der Waals surface area contributed by atoms with Crippen LogP contribution in [0.25, 0.3) is 0 Å². The molecule has 0 saturated carbocycles. The number of nitrogens with zero attached hydrogens (tertiary/aromatic N) is 1. The van der Waals surface area contributed by atoms with E-state index in [2.05, 4.69) is 4.74 Å². The largest absolute Gasteiger partial charge is 0.573 e.